The lowest BCUT2D eigenvalue weighted by Crippen LogP contribution is -2.21. The second-order valence-corrected chi connectivity index (χ2v) is 8.18. The number of rotatable bonds is 3. The van der Waals surface area contributed by atoms with Gasteiger partial charge in [-0.25, -0.2) is 9.59 Å². The van der Waals surface area contributed by atoms with Gasteiger partial charge in [-0.05, 0) is 36.4 Å². The SMILES string of the molecule is O=c1oc2ccccc2c(O)c1C(c1c(Cl)cccc1Cl)c1c(O)c2ccccc2oc1=O. The average molecular weight is 481 g/mol. The van der Waals surface area contributed by atoms with Gasteiger partial charge in [0, 0.05) is 15.6 Å². The van der Waals surface area contributed by atoms with Gasteiger partial charge in [0.2, 0.25) is 0 Å². The molecule has 0 fully saturated rings. The molecule has 0 saturated heterocycles. The van der Waals surface area contributed by atoms with Crippen molar-refractivity contribution in [2.24, 2.45) is 0 Å². The van der Waals surface area contributed by atoms with Gasteiger partial charge in [-0.2, -0.15) is 0 Å². The smallest absolute Gasteiger partial charge is 0.344 e. The summed E-state index contributed by atoms with van der Waals surface area (Å²) in [5.74, 6) is -2.22. The minimum Gasteiger partial charge on any atom is -0.507 e. The van der Waals surface area contributed by atoms with Gasteiger partial charge in [0.1, 0.15) is 22.7 Å². The molecule has 3 aromatic carbocycles. The number of halogens is 2. The molecule has 33 heavy (non-hydrogen) atoms. The van der Waals surface area contributed by atoms with E-state index in [4.69, 9.17) is 32.0 Å². The van der Waals surface area contributed by atoms with Gasteiger partial charge in [0.05, 0.1) is 27.8 Å². The molecule has 2 aromatic heterocycles. The first-order valence-corrected chi connectivity index (χ1v) is 10.6. The van der Waals surface area contributed by atoms with Crippen LogP contribution < -0.4 is 11.3 Å². The van der Waals surface area contributed by atoms with Gasteiger partial charge in [-0.3, -0.25) is 0 Å². The highest BCUT2D eigenvalue weighted by atomic mass is 35.5. The van der Waals surface area contributed by atoms with Crippen LogP contribution in [0.15, 0.2) is 85.2 Å². The molecule has 5 aromatic rings. The van der Waals surface area contributed by atoms with E-state index in [1.54, 1.807) is 42.5 Å². The predicted molar refractivity (Wildman–Crippen MR) is 126 cm³/mol. The van der Waals surface area contributed by atoms with Crippen LogP contribution in [0.4, 0.5) is 0 Å². The van der Waals surface area contributed by atoms with Crippen molar-refractivity contribution in [3.8, 4) is 11.5 Å². The molecule has 8 heteroatoms. The molecule has 0 aliphatic heterocycles. The van der Waals surface area contributed by atoms with Crippen LogP contribution in [0.1, 0.15) is 22.6 Å². The molecule has 0 amide bonds. The molecule has 0 atom stereocenters. The molecule has 0 spiro atoms. The summed E-state index contributed by atoms with van der Waals surface area (Å²) in [5, 5.41) is 23.0. The number of hydrogen-bond acceptors (Lipinski definition) is 6. The third kappa shape index (κ3) is 3.35. The monoisotopic (exact) mass is 480 g/mol. The molecule has 0 unspecified atom stereocenters. The number of hydrogen-bond donors (Lipinski definition) is 2. The van der Waals surface area contributed by atoms with Crippen molar-refractivity contribution in [2.45, 2.75) is 5.92 Å². The molecule has 6 nitrogen and oxygen atoms in total. The number of para-hydroxylation sites is 2. The zero-order chi connectivity index (χ0) is 23.3. The van der Waals surface area contributed by atoms with Crippen LogP contribution in [0.2, 0.25) is 10.0 Å². The second kappa shape index (κ2) is 7.99. The highest BCUT2D eigenvalue weighted by Gasteiger charge is 2.34. The van der Waals surface area contributed by atoms with Gasteiger partial charge >= 0.3 is 11.3 Å². The Morgan fingerprint density at radius 1 is 0.606 bits per heavy atom. The highest BCUT2D eigenvalue weighted by molar-refractivity contribution is 6.36. The summed E-state index contributed by atoms with van der Waals surface area (Å²) < 4.78 is 10.9. The normalized spacial score (nSPS) is 11.5. The van der Waals surface area contributed by atoms with Crippen molar-refractivity contribution in [2.75, 3.05) is 0 Å². The van der Waals surface area contributed by atoms with Gasteiger partial charge in [-0.1, -0.05) is 53.5 Å². The highest BCUT2D eigenvalue weighted by Crippen LogP contribution is 2.45. The molecular weight excluding hydrogens is 467 g/mol. The summed E-state index contributed by atoms with van der Waals surface area (Å²) in [4.78, 5) is 26.2. The maximum Gasteiger partial charge on any atom is 0.344 e. The lowest BCUT2D eigenvalue weighted by atomic mass is 9.84. The molecule has 164 valence electrons. The number of fused-ring (bicyclic) bond motifs is 2. The number of benzene rings is 3. The zero-order valence-electron chi connectivity index (χ0n) is 16.7. The minimum absolute atomic E-state index is 0.117. The first-order chi connectivity index (χ1) is 15.9. The molecule has 0 aliphatic rings. The van der Waals surface area contributed by atoms with Gasteiger partial charge in [-0.15, -0.1) is 0 Å². The van der Waals surface area contributed by atoms with Crippen LogP contribution in [-0.2, 0) is 0 Å². The molecule has 0 aliphatic carbocycles. The van der Waals surface area contributed by atoms with Crippen molar-refractivity contribution in [3.05, 3.63) is 114 Å². The van der Waals surface area contributed by atoms with Crippen LogP contribution in [0, 0.1) is 0 Å². The van der Waals surface area contributed by atoms with E-state index in [0.29, 0.717) is 0 Å². The topological polar surface area (TPSA) is 101 Å². The summed E-state index contributed by atoms with van der Waals surface area (Å²) in [5.41, 5.74) is -2.00. The number of aromatic hydroxyl groups is 2. The summed E-state index contributed by atoms with van der Waals surface area (Å²) in [6.45, 7) is 0. The fourth-order valence-electron chi connectivity index (χ4n) is 4.02. The molecule has 2 N–H and O–H groups in total. The van der Waals surface area contributed by atoms with E-state index < -0.39 is 28.7 Å². The van der Waals surface area contributed by atoms with Crippen LogP contribution in [0.25, 0.3) is 21.9 Å². The molecule has 5 rings (SSSR count). The minimum atomic E-state index is -1.38. The third-order valence-corrected chi connectivity index (χ3v) is 6.16. The maximum absolute atomic E-state index is 13.1. The Balaban J connectivity index is 1.96. The standard InChI is InChI=1S/C25H14Cl2O6/c26-14-8-5-9-15(27)18(14)19(20-22(28)12-6-1-3-10-16(12)32-24(20)30)21-23(29)13-7-2-4-11-17(13)33-25(21)31/h1-11,19,28-29H. The summed E-state index contributed by atoms with van der Waals surface area (Å²) in [6, 6.07) is 17.4. The van der Waals surface area contributed by atoms with Crippen molar-refractivity contribution < 1.29 is 19.0 Å². The Labute approximate surface area is 195 Å². The van der Waals surface area contributed by atoms with Gasteiger partial charge in [0.25, 0.3) is 0 Å². The lowest BCUT2D eigenvalue weighted by molar-refractivity contribution is 0.441. The summed E-state index contributed by atoms with van der Waals surface area (Å²) in [6.07, 6.45) is 0. The quantitative estimate of drug-likeness (QED) is 0.316. The van der Waals surface area contributed by atoms with E-state index in [-0.39, 0.29) is 48.7 Å². The fourth-order valence-corrected chi connectivity index (χ4v) is 4.64. The molecule has 0 radical (unpaired) electrons. The van der Waals surface area contributed by atoms with Gasteiger partial charge in [0.15, 0.2) is 0 Å². The first kappa shape index (κ1) is 21.1. The maximum atomic E-state index is 13.1. The van der Waals surface area contributed by atoms with E-state index in [2.05, 4.69) is 0 Å². The zero-order valence-corrected chi connectivity index (χ0v) is 18.2. The molecule has 0 bridgehead atoms. The largest absolute Gasteiger partial charge is 0.507 e. The average Bonchev–Trinajstić information content (AvgIpc) is 2.78. The Kier molecular flexibility index (Phi) is 5.12. The summed E-state index contributed by atoms with van der Waals surface area (Å²) in [7, 11) is 0. The van der Waals surface area contributed by atoms with Crippen molar-refractivity contribution in [1.29, 1.82) is 0 Å². The van der Waals surface area contributed by atoms with Crippen molar-refractivity contribution in [1.82, 2.24) is 0 Å². The van der Waals surface area contributed by atoms with Crippen molar-refractivity contribution in [3.63, 3.8) is 0 Å². The van der Waals surface area contributed by atoms with E-state index >= 15 is 0 Å². The molecule has 2 heterocycles. The predicted octanol–water partition coefficient (Wildman–Crippen LogP) is 5.80. The second-order valence-electron chi connectivity index (χ2n) is 7.36. The van der Waals surface area contributed by atoms with Gasteiger partial charge < -0.3 is 19.0 Å². The van der Waals surface area contributed by atoms with Crippen molar-refractivity contribution >= 4 is 45.1 Å². The Morgan fingerprint density at radius 3 is 1.48 bits per heavy atom. The van der Waals surface area contributed by atoms with Crippen LogP contribution >= 0.6 is 23.2 Å². The van der Waals surface area contributed by atoms with E-state index in [9.17, 15) is 19.8 Å². The van der Waals surface area contributed by atoms with Crippen LogP contribution in [0.3, 0.4) is 0 Å². The lowest BCUT2D eigenvalue weighted by Gasteiger charge is -2.21. The Morgan fingerprint density at radius 2 is 1.03 bits per heavy atom. The first-order valence-electron chi connectivity index (χ1n) is 9.81. The van der Waals surface area contributed by atoms with E-state index in [1.807, 2.05) is 0 Å². The molecular formula is C25H14Cl2O6. The third-order valence-electron chi connectivity index (χ3n) is 5.51. The Hall–Kier alpha value is -3.74. The van der Waals surface area contributed by atoms with E-state index in [1.165, 1.54) is 24.3 Å². The fraction of sp³-hybridized carbons (Fsp3) is 0.0400. The van der Waals surface area contributed by atoms with Crippen LogP contribution in [-0.4, -0.2) is 10.2 Å². The summed E-state index contributed by atoms with van der Waals surface area (Å²) >= 11 is 12.9. The molecule has 0 saturated carbocycles. The van der Waals surface area contributed by atoms with E-state index in [0.717, 1.165) is 0 Å². The Bertz CT molecular complexity index is 1550. The van der Waals surface area contributed by atoms with Crippen LogP contribution in [0.5, 0.6) is 11.5 Å².